The van der Waals surface area contributed by atoms with Gasteiger partial charge in [0, 0.05) is 13.6 Å². The molecule has 0 rings (SSSR count). The van der Waals surface area contributed by atoms with Crippen molar-refractivity contribution in [3.8, 4) is 0 Å². The average Bonchev–Trinajstić information content (AvgIpc) is 2.34. The van der Waals surface area contributed by atoms with Crippen molar-refractivity contribution in [3.63, 3.8) is 0 Å². The molecule has 1 N–H and O–H groups in total. The molecular formula is C12H22N2O5. The Morgan fingerprint density at radius 3 is 2.11 bits per heavy atom. The molecule has 0 aliphatic carbocycles. The highest BCUT2D eigenvalue weighted by molar-refractivity contribution is 5.87. The minimum Gasteiger partial charge on any atom is -0.480 e. The van der Waals surface area contributed by atoms with Gasteiger partial charge in [-0.2, -0.15) is 0 Å². The van der Waals surface area contributed by atoms with Gasteiger partial charge in [-0.1, -0.05) is 0 Å². The number of carboxylic acids is 1. The molecule has 7 nitrogen and oxygen atoms in total. The van der Waals surface area contributed by atoms with Crippen LogP contribution in [0.25, 0.3) is 0 Å². The molecule has 110 valence electrons. The van der Waals surface area contributed by atoms with Crippen LogP contribution in [0, 0.1) is 0 Å². The summed E-state index contributed by atoms with van der Waals surface area (Å²) in [6.07, 6.45) is 0. The van der Waals surface area contributed by atoms with Crippen molar-refractivity contribution in [2.24, 2.45) is 0 Å². The number of aliphatic carboxylic acids is 1. The second kappa shape index (κ2) is 6.96. The van der Waals surface area contributed by atoms with Gasteiger partial charge in [0.2, 0.25) is 0 Å². The van der Waals surface area contributed by atoms with E-state index in [1.165, 1.54) is 25.8 Å². The first-order valence-corrected chi connectivity index (χ1v) is 6.10. The van der Waals surface area contributed by atoms with Gasteiger partial charge in [-0.3, -0.25) is 4.79 Å². The predicted octanol–water partition coefficient (Wildman–Crippen LogP) is 0.786. The largest absolute Gasteiger partial charge is 0.480 e. The van der Waals surface area contributed by atoms with Gasteiger partial charge in [0.05, 0.1) is 6.61 Å². The predicted molar refractivity (Wildman–Crippen MR) is 68.8 cm³/mol. The number of hydrogen-bond donors (Lipinski definition) is 1. The lowest BCUT2D eigenvalue weighted by molar-refractivity contribution is -0.147. The number of rotatable bonds is 6. The fourth-order valence-corrected chi connectivity index (χ4v) is 1.27. The molecule has 0 radical (unpaired) electrons. The topological polar surface area (TPSA) is 87.2 Å². The van der Waals surface area contributed by atoms with E-state index in [1.54, 1.807) is 13.8 Å². The summed E-state index contributed by atoms with van der Waals surface area (Å²) in [5.74, 6) is -1.63. The molecule has 0 unspecified atom stereocenters. The van der Waals surface area contributed by atoms with Gasteiger partial charge >= 0.3 is 18.0 Å². The molecule has 0 aromatic rings. The molecule has 0 aromatic carbocycles. The molecule has 7 heteroatoms. The number of esters is 1. The first kappa shape index (κ1) is 17.2. The molecule has 0 heterocycles. The van der Waals surface area contributed by atoms with E-state index >= 15 is 0 Å². The maximum Gasteiger partial charge on any atom is 0.329 e. The number of carbonyl (C=O) groups excluding carboxylic acids is 2. The third-order valence-electron chi connectivity index (χ3n) is 2.93. The number of likely N-dealkylation sites (N-methyl/N-ethyl adjacent to an activating group) is 2. The summed E-state index contributed by atoms with van der Waals surface area (Å²) in [6.45, 7) is 6.56. The molecular weight excluding hydrogens is 252 g/mol. The van der Waals surface area contributed by atoms with Gasteiger partial charge in [0.1, 0.15) is 12.1 Å². The molecule has 0 aromatic heterocycles. The average molecular weight is 274 g/mol. The van der Waals surface area contributed by atoms with Crippen LogP contribution in [0.1, 0.15) is 27.7 Å². The van der Waals surface area contributed by atoms with E-state index in [0.717, 1.165) is 4.90 Å². The molecule has 0 saturated carbocycles. The van der Waals surface area contributed by atoms with Crippen LogP contribution < -0.4 is 0 Å². The van der Waals surface area contributed by atoms with Gasteiger partial charge in [-0.15, -0.1) is 0 Å². The van der Waals surface area contributed by atoms with Crippen molar-refractivity contribution in [2.75, 3.05) is 26.7 Å². The van der Waals surface area contributed by atoms with E-state index in [2.05, 4.69) is 0 Å². The summed E-state index contributed by atoms with van der Waals surface area (Å²) in [4.78, 5) is 37.0. The summed E-state index contributed by atoms with van der Waals surface area (Å²) < 4.78 is 4.77. The Kier molecular flexibility index (Phi) is 6.31. The maximum atomic E-state index is 12.1. The number of carboxylic acid groups (broad SMARTS) is 1. The zero-order chi connectivity index (χ0) is 15.2. The highest BCUT2D eigenvalue weighted by atomic mass is 16.5. The van der Waals surface area contributed by atoms with E-state index in [1.807, 2.05) is 0 Å². The summed E-state index contributed by atoms with van der Waals surface area (Å²) >= 11 is 0. The molecule has 0 atom stereocenters. The Bertz CT molecular complexity index is 354. The first-order valence-electron chi connectivity index (χ1n) is 6.10. The van der Waals surface area contributed by atoms with Crippen LogP contribution in [0.5, 0.6) is 0 Å². The lowest BCUT2D eigenvalue weighted by Crippen LogP contribution is -2.55. The zero-order valence-electron chi connectivity index (χ0n) is 12.1. The Labute approximate surface area is 113 Å². The van der Waals surface area contributed by atoms with Crippen LogP contribution in [0.15, 0.2) is 0 Å². The number of nitrogens with zero attached hydrogens (tertiary/aromatic N) is 2. The highest BCUT2D eigenvalue weighted by Gasteiger charge is 2.37. The zero-order valence-corrected chi connectivity index (χ0v) is 12.1. The lowest BCUT2D eigenvalue weighted by atomic mass is 10.0. The third-order valence-corrected chi connectivity index (χ3v) is 2.93. The van der Waals surface area contributed by atoms with Crippen molar-refractivity contribution < 1.29 is 24.2 Å². The van der Waals surface area contributed by atoms with Crippen molar-refractivity contribution in [1.29, 1.82) is 0 Å². The molecule has 0 fully saturated rings. The molecule has 2 amide bonds. The second-order valence-corrected chi connectivity index (χ2v) is 4.52. The van der Waals surface area contributed by atoms with Gasteiger partial charge < -0.3 is 19.6 Å². The smallest absolute Gasteiger partial charge is 0.329 e. The Morgan fingerprint density at radius 1 is 1.21 bits per heavy atom. The Hall–Kier alpha value is -1.79. The quantitative estimate of drug-likeness (QED) is 0.723. The Morgan fingerprint density at radius 2 is 1.74 bits per heavy atom. The van der Waals surface area contributed by atoms with Gasteiger partial charge in [-0.25, -0.2) is 9.59 Å². The van der Waals surface area contributed by atoms with E-state index in [4.69, 9.17) is 9.84 Å². The SMILES string of the molecule is CCOC(=O)CN(CC)C(=O)N(C)C(C)(C)C(=O)O. The second-order valence-electron chi connectivity index (χ2n) is 4.52. The summed E-state index contributed by atoms with van der Waals surface area (Å²) in [5.41, 5.74) is -1.35. The van der Waals surface area contributed by atoms with Crippen LogP contribution in [-0.4, -0.2) is 65.2 Å². The number of hydrogen-bond acceptors (Lipinski definition) is 4. The van der Waals surface area contributed by atoms with Crippen LogP contribution in [0.3, 0.4) is 0 Å². The van der Waals surface area contributed by atoms with E-state index in [-0.39, 0.29) is 19.7 Å². The number of amides is 2. The number of carbonyl (C=O) groups is 3. The van der Waals surface area contributed by atoms with Crippen molar-refractivity contribution >= 4 is 18.0 Å². The Balaban J connectivity index is 4.85. The first-order chi connectivity index (χ1) is 8.68. The molecule has 0 bridgehead atoms. The van der Waals surface area contributed by atoms with Crippen LogP contribution >= 0.6 is 0 Å². The normalized spacial score (nSPS) is 10.8. The van der Waals surface area contributed by atoms with E-state index < -0.39 is 23.5 Å². The summed E-state index contributed by atoms with van der Waals surface area (Å²) in [5, 5.41) is 9.08. The fraction of sp³-hybridized carbons (Fsp3) is 0.750. The summed E-state index contributed by atoms with van der Waals surface area (Å²) in [6, 6.07) is -0.525. The fourth-order valence-electron chi connectivity index (χ4n) is 1.27. The van der Waals surface area contributed by atoms with E-state index in [9.17, 15) is 14.4 Å². The molecule has 0 aliphatic rings. The molecule has 0 spiro atoms. The van der Waals surface area contributed by atoms with Crippen LogP contribution in [-0.2, 0) is 14.3 Å². The van der Waals surface area contributed by atoms with Crippen molar-refractivity contribution in [3.05, 3.63) is 0 Å². The van der Waals surface area contributed by atoms with Gasteiger partial charge in [0.15, 0.2) is 0 Å². The minimum atomic E-state index is -1.35. The molecule has 0 aliphatic heterocycles. The standard InChI is InChI=1S/C12H22N2O5/c1-6-14(8-9(15)19-7-2)11(18)13(5)12(3,4)10(16)17/h6-8H2,1-5H3,(H,16,17). The third kappa shape index (κ3) is 4.42. The lowest BCUT2D eigenvalue weighted by Gasteiger charge is -2.35. The molecule has 0 saturated heterocycles. The monoisotopic (exact) mass is 274 g/mol. The van der Waals surface area contributed by atoms with Crippen LogP contribution in [0.4, 0.5) is 4.79 Å². The van der Waals surface area contributed by atoms with Gasteiger partial charge in [-0.05, 0) is 27.7 Å². The molecule has 19 heavy (non-hydrogen) atoms. The number of ether oxygens (including phenoxy) is 1. The van der Waals surface area contributed by atoms with Crippen molar-refractivity contribution in [1.82, 2.24) is 9.80 Å². The highest BCUT2D eigenvalue weighted by Crippen LogP contribution is 2.14. The summed E-state index contributed by atoms with van der Waals surface area (Å²) in [7, 11) is 1.39. The number of urea groups is 1. The minimum absolute atomic E-state index is 0.191. The van der Waals surface area contributed by atoms with Crippen LogP contribution in [0.2, 0.25) is 0 Å². The van der Waals surface area contributed by atoms with Gasteiger partial charge in [0.25, 0.3) is 0 Å². The van der Waals surface area contributed by atoms with Crippen molar-refractivity contribution in [2.45, 2.75) is 33.2 Å². The maximum absolute atomic E-state index is 12.1. The van der Waals surface area contributed by atoms with E-state index in [0.29, 0.717) is 0 Å².